The highest BCUT2D eigenvalue weighted by molar-refractivity contribution is 7.89. The van der Waals surface area contributed by atoms with E-state index in [4.69, 9.17) is 16.7 Å². The highest BCUT2D eigenvalue weighted by Gasteiger charge is 2.09. The van der Waals surface area contributed by atoms with Gasteiger partial charge in [-0.1, -0.05) is 29.8 Å². The topological polar surface area (TPSA) is 118 Å². The summed E-state index contributed by atoms with van der Waals surface area (Å²) in [4.78, 5) is 23.6. The van der Waals surface area contributed by atoms with Gasteiger partial charge in [-0.15, -0.1) is 0 Å². The minimum Gasteiger partial charge on any atom is -0.273 e. The van der Waals surface area contributed by atoms with E-state index in [1.807, 2.05) is 0 Å². The predicted octanol–water partition coefficient (Wildman–Crippen LogP) is 1.38. The largest absolute Gasteiger partial charge is 0.273 e. The second-order valence-electron chi connectivity index (χ2n) is 5.20. The first-order chi connectivity index (χ1) is 11.8. The van der Waals surface area contributed by atoms with E-state index in [0.29, 0.717) is 17.0 Å². The van der Waals surface area contributed by atoms with Crippen molar-refractivity contribution in [3.05, 3.63) is 64.7 Å². The first kappa shape index (κ1) is 18.9. The number of rotatable bonds is 5. The van der Waals surface area contributed by atoms with Crippen molar-refractivity contribution in [2.75, 3.05) is 0 Å². The fourth-order valence-electron chi connectivity index (χ4n) is 1.99. The molecular formula is C16H16ClN3O4S. The van der Waals surface area contributed by atoms with Gasteiger partial charge in [0.05, 0.1) is 4.90 Å². The van der Waals surface area contributed by atoms with Crippen LogP contribution in [0.2, 0.25) is 5.02 Å². The molecule has 7 nitrogen and oxygen atoms in total. The van der Waals surface area contributed by atoms with E-state index in [-0.39, 0.29) is 17.2 Å². The Morgan fingerprint density at radius 2 is 1.72 bits per heavy atom. The number of hydrogen-bond donors (Lipinski definition) is 3. The van der Waals surface area contributed by atoms with Gasteiger partial charge in [0.25, 0.3) is 5.91 Å². The average molecular weight is 382 g/mol. The fraction of sp³-hybridized carbons (Fsp3) is 0.125. The number of amides is 2. The summed E-state index contributed by atoms with van der Waals surface area (Å²) in [6.45, 7) is 0. The number of halogens is 1. The summed E-state index contributed by atoms with van der Waals surface area (Å²) in [5.74, 6) is -0.862. The van der Waals surface area contributed by atoms with Crippen molar-refractivity contribution >= 4 is 33.4 Å². The third-order valence-corrected chi connectivity index (χ3v) is 4.46. The molecule has 0 unspecified atom stereocenters. The van der Waals surface area contributed by atoms with E-state index in [1.54, 1.807) is 30.3 Å². The van der Waals surface area contributed by atoms with Crippen molar-refractivity contribution < 1.29 is 18.0 Å². The molecule has 0 aliphatic heterocycles. The van der Waals surface area contributed by atoms with Crippen LogP contribution < -0.4 is 16.0 Å². The minimum absolute atomic E-state index is 0.00878. The number of aryl methyl sites for hydroxylation is 1. The van der Waals surface area contributed by atoms with Crippen LogP contribution in [0.25, 0.3) is 0 Å². The molecule has 0 fully saturated rings. The smallest absolute Gasteiger partial charge is 0.269 e. The van der Waals surface area contributed by atoms with E-state index >= 15 is 0 Å². The standard InChI is InChI=1S/C16H16ClN3O4S/c17-13-3-1-2-12(10-13)16(22)20-19-15(21)9-6-11-4-7-14(8-5-11)25(18,23)24/h1-5,7-8,10H,6,9H2,(H,19,21)(H,20,22)(H2,18,23,24). The summed E-state index contributed by atoms with van der Waals surface area (Å²) in [6, 6.07) is 12.2. The molecule has 0 aliphatic rings. The number of nitrogens with one attached hydrogen (secondary N) is 2. The number of carbonyl (C=O) groups excluding carboxylic acids is 2. The van der Waals surface area contributed by atoms with Crippen LogP contribution in [0.3, 0.4) is 0 Å². The minimum atomic E-state index is -3.73. The van der Waals surface area contributed by atoms with E-state index in [2.05, 4.69) is 10.9 Å². The molecular weight excluding hydrogens is 366 g/mol. The van der Waals surface area contributed by atoms with Crippen LogP contribution >= 0.6 is 11.6 Å². The van der Waals surface area contributed by atoms with E-state index < -0.39 is 15.9 Å². The second-order valence-corrected chi connectivity index (χ2v) is 7.20. The van der Waals surface area contributed by atoms with Gasteiger partial charge >= 0.3 is 0 Å². The molecule has 0 saturated carbocycles. The maximum Gasteiger partial charge on any atom is 0.269 e. The molecule has 0 saturated heterocycles. The zero-order chi connectivity index (χ0) is 18.4. The average Bonchev–Trinajstić information content (AvgIpc) is 2.57. The van der Waals surface area contributed by atoms with Gasteiger partial charge in [-0.25, -0.2) is 13.6 Å². The van der Waals surface area contributed by atoms with Crippen molar-refractivity contribution in [3.8, 4) is 0 Å². The summed E-state index contributed by atoms with van der Waals surface area (Å²) < 4.78 is 22.3. The SMILES string of the molecule is NS(=O)(=O)c1ccc(CCC(=O)NNC(=O)c2cccc(Cl)c2)cc1. The van der Waals surface area contributed by atoms with Crippen molar-refractivity contribution in [1.29, 1.82) is 0 Å². The maximum absolute atomic E-state index is 11.9. The van der Waals surface area contributed by atoms with Crippen LogP contribution in [0, 0.1) is 0 Å². The maximum atomic E-state index is 11.9. The highest BCUT2D eigenvalue weighted by atomic mass is 35.5. The lowest BCUT2D eigenvalue weighted by atomic mass is 10.1. The Hall–Kier alpha value is -2.42. The molecule has 0 aliphatic carbocycles. The van der Waals surface area contributed by atoms with Gasteiger partial charge < -0.3 is 0 Å². The monoisotopic (exact) mass is 381 g/mol. The number of benzene rings is 2. The molecule has 0 bridgehead atoms. The van der Waals surface area contributed by atoms with E-state index in [0.717, 1.165) is 5.56 Å². The highest BCUT2D eigenvalue weighted by Crippen LogP contribution is 2.11. The molecule has 2 amide bonds. The second kappa shape index (κ2) is 8.11. The Morgan fingerprint density at radius 3 is 2.32 bits per heavy atom. The molecule has 4 N–H and O–H groups in total. The normalized spacial score (nSPS) is 11.0. The van der Waals surface area contributed by atoms with Crippen LogP contribution in [-0.2, 0) is 21.2 Å². The molecule has 0 heterocycles. The van der Waals surface area contributed by atoms with Crippen LogP contribution in [0.1, 0.15) is 22.3 Å². The third kappa shape index (κ3) is 5.86. The molecule has 2 aromatic rings. The Morgan fingerprint density at radius 1 is 1.04 bits per heavy atom. The van der Waals surface area contributed by atoms with E-state index in [1.165, 1.54) is 18.2 Å². The summed E-state index contributed by atoms with van der Waals surface area (Å²) in [5, 5.41) is 5.43. The molecule has 2 aromatic carbocycles. The van der Waals surface area contributed by atoms with Gasteiger partial charge in [-0.2, -0.15) is 0 Å². The van der Waals surface area contributed by atoms with Crippen LogP contribution in [0.4, 0.5) is 0 Å². The molecule has 0 atom stereocenters. The zero-order valence-corrected chi connectivity index (χ0v) is 14.6. The number of hydrazine groups is 1. The Balaban J connectivity index is 1.82. The van der Waals surface area contributed by atoms with E-state index in [9.17, 15) is 18.0 Å². The molecule has 25 heavy (non-hydrogen) atoms. The molecule has 2 rings (SSSR count). The van der Waals surface area contributed by atoms with Gasteiger partial charge in [-0.05, 0) is 42.3 Å². The van der Waals surface area contributed by atoms with Gasteiger partial charge in [0.2, 0.25) is 15.9 Å². The summed E-state index contributed by atoms with van der Waals surface area (Å²) >= 11 is 5.80. The van der Waals surface area contributed by atoms with Crippen molar-refractivity contribution in [2.45, 2.75) is 17.7 Å². The Kier molecular flexibility index (Phi) is 6.13. The Bertz CT molecular complexity index is 883. The lowest BCUT2D eigenvalue weighted by Gasteiger charge is -2.08. The van der Waals surface area contributed by atoms with Crippen LogP contribution in [0.15, 0.2) is 53.4 Å². The summed E-state index contributed by atoms with van der Waals surface area (Å²) in [5.41, 5.74) is 5.70. The summed E-state index contributed by atoms with van der Waals surface area (Å²) in [7, 11) is -3.73. The fourth-order valence-corrected chi connectivity index (χ4v) is 2.70. The van der Waals surface area contributed by atoms with Gasteiger partial charge in [0.15, 0.2) is 0 Å². The first-order valence-corrected chi connectivity index (χ1v) is 9.14. The quantitative estimate of drug-likeness (QED) is 0.678. The lowest BCUT2D eigenvalue weighted by molar-refractivity contribution is -0.121. The third-order valence-electron chi connectivity index (χ3n) is 3.29. The summed E-state index contributed by atoms with van der Waals surface area (Å²) in [6.07, 6.45) is 0.494. The lowest BCUT2D eigenvalue weighted by Crippen LogP contribution is -2.41. The van der Waals surface area contributed by atoms with Crippen LogP contribution in [-0.4, -0.2) is 20.2 Å². The number of carbonyl (C=O) groups is 2. The van der Waals surface area contributed by atoms with Gasteiger partial charge in [0.1, 0.15) is 0 Å². The number of primary sulfonamides is 1. The number of sulfonamides is 1. The molecule has 0 aromatic heterocycles. The van der Waals surface area contributed by atoms with Crippen molar-refractivity contribution in [3.63, 3.8) is 0 Å². The predicted molar refractivity (Wildman–Crippen MR) is 93.2 cm³/mol. The Labute approximate surface area is 150 Å². The molecule has 132 valence electrons. The van der Waals surface area contributed by atoms with Crippen molar-refractivity contribution in [1.82, 2.24) is 10.9 Å². The van der Waals surface area contributed by atoms with Crippen molar-refractivity contribution in [2.24, 2.45) is 5.14 Å². The van der Waals surface area contributed by atoms with Gasteiger partial charge in [0, 0.05) is 17.0 Å². The molecule has 9 heteroatoms. The van der Waals surface area contributed by atoms with Crippen LogP contribution in [0.5, 0.6) is 0 Å². The molecule has 0 spiro atoms. The van der Waals surface area contributed by atoms with Gasteiger partial charge in [-0.3, -0.25) is 20.4 Å². The number of nitrogens with two attached hydrogens (primary N) is 1. The zero-order valence-electron chi connectivity index (χ0n) is 13.0. The molecule has 0 radical (unpaired) electrons. The number of hydrogen-bond acceptors (Lipinski definition) is 4. The first-order valence-electron chi connectivity index (χ1n) is 7.22.